The fourth-order valence-corrected chi connectivity index (χ4v) is 3.32. The Bertz CT molecular complexity index is 614. The molecule has 0 aromatic heterocycles. The van der Waals surface area contributed by atoms with Gasteiger partial charge in [0.15, 0.2) is 15.6 Å². The van der Waals surface area contributed by atoms with Crippen molar-refractivity contribution in [2.24, 2.45) is 0 Å². The highest BCUT2D eigenvalue weighted by Crippen LogP contribution is 2.27. The van der Waals surface area contributed by atoms with E-state index >= 15 is 0 Å². The molecule has 0 saturated carbocycles. The van der Waals surface area contributed by atoms with Gasteiger partial charge in [0.2, 0.25) is 0 Å². The molecule has 0 radical (unpaired) electrons. The number of rotatable bonds is 3. The maximum absolute atomic E-state index is 12.2. The van der Waals surface area contributed by atoms with E-state index in [1.54, 1.807) is 20.8 Å². The van der Waals surface area contributed by atoms with E-state index in [1.165, 1.54) is 0 Å². The van der Waals surface area contributed by atoms with Crippen molar-refractivity contribution in [3.63, 3.8) is 0 Å². The molecule has 1 aromatic carbocycles. The number of hydrogen-bond acceptors (Lipinski definition) is 4. The fraction of sp³-hybridized carbons (Fsp3) is 0.533. The normalized spacial score (nSPS) is 16.1. The Morgan fingerprint density at radius 1 is 1.20 bits per heavy atom. The second-order valence-electron chi connectivity index (χ2n) is 6.11. The van der Waals surface area contributed by atoms with E-state index in [0.29, 0.717) is 25.1 Å². The van der Waals surface area contributed by atoms with Gasteiger partial charge in [-0.15, -0.1) is 0 Å². The van der Waals surface area contributed by atoms with E-state index in [0.717, 1.165) is 5.69 Å². The van der Waals surface area contributed by atoms with Crippen LogP contribution in [0.4, 0.5) is 5.69 Å². The molecule has 0 saturated heterocycles. The van der Waals surface area contributed by atoms with Gasteiger partial charge in [0.25, 0.3) is 0 Å². The lowest BCUT2D eigenvalue weighted by molar-refractivity contribution is 0.0980. The van der Waals surface area contributed by atoms with Gasteiger partial charge < -0.3 is 4.90 Å². The lowest BCUT2D eigenvalue weighted by Crippen LogP contribution is -2.39. The van der Waals surface area contributed by atoms with Crippen LogP contribution in [0.25, 0.3) is 0 Å². The van der Waals surface area contributed by atoms with Gasteiger partial charge in [-0.05, 0) is 32.9 Å². The van der Waals surface area contributed by atoms with Crippen LogP contribution in [0.2, 0.25) is 0 Å². The molecule has 0 amide bonds. The molecular formula is C15H21NO3S. The molecule has 2 rings (SSSR count). The van der Waals surface area contributed by atoms with E-state index < -0.39 is 14.6 Å². The van der Waals surface area contributed by atoms with Gasteiger partial charge in [-0.1, -0.05) is 12.1 Å². The standard InChI is InChI=1S/C15H21NO3S/c1-15(2,3)20(18,19)11-10-16-9-8-14(17)12-6-4-5-7-13(12)16/h4-7H,8-11H2,1-3H3. The first-order valence-corrected chi connectivity index (χ1v) is 8.47. The van der Waals surface area contributed by atoms with Crippen LogP contribution in [0, 0.1) is 0 Å². The molecular weight excluding hydrogens is 274 g/mol. The number of hydrogen-bond donors (Lipinski definition) is 0. The van der Waals surface area contributed by atoms with Crippen molar-refractivity contribution in [2.45, 2.75) is 31.9 Å². The minimum absolute atomic E-state index is 0.110. The largest absolute Gasteiger partial charge is 0.369 e. The SMILES string of the molecule is CC(C)(C)S(=O)(=O)CCN1CCC(=O)c2ccccc21. The van der Waals surface area contributed by atoms with Crippen LogP contribution in [-0.4, -0.2) is 37.8 Å². The van der Waals surface area contributed by atoms with Gasteiger partial charge in [-0.3, -0.25) is 4.79 Å². The molecule has 1 aromatic rings. The molecule has 1 heterocycles. The van der Waals surface area contributed by atoms with Gasteiger partial charge >= 0.3 is 0 Å². The Morgan fingerprint density at radius 3 is 2.50 bits per heavy atom. The van der Waals surface area contributed by atoms with E-state index in [1.807, 2.05) is 29.2 Å². The quantitative estimate of drug-likeness (QED) is 0.858. The van der Waals surface area contributed by atoms with Crippen LogP contribution in [0.1, 0.15) is 37.6 Å². The maximum Gasteiger partial charge on any atom is 0.166 e. The molecule has 0 bridgehead atoms. The number of ketones is 1. The molecule has 0 spiro atoms. The summed E-state index contributed by atoms with van der Waals surface area (Å²) in [5.74, 6) is 0.245. The number of sulfone groups is 1. The van der Waals surface area contributed by atoms with Crippen molar-refractivity contribution >= 4 is 21.3 Å². The molecule has 0 N–H and O–H groups in total. The van der Waals surface area contributed by atoms with Crippen LogP contribution >= 0.6 is 0 Å². The summed E-state index contributed by atoms with van der Waals surface area (Å²) in [6.07, 6.45) is 0.451. The van der Waals surface area contributed by atoms with Gasteiger partial charge in [0.05, 0.1) is 10.5 Å². The summed E-state index contributed by atoms with van der Waals surface area (Å²) >= 11 is 0. The first-order chi connectivity index (χ1) is 9.22. The number of fused-ring (bicyclic) bond motifs is 1. The first kappa shape index (κ1) is 15.0. The lowest BCUT2D eigenvalue weighted by atomic mass is 10.0. The van der Waals surface area contributed by atoms with Crippen molar-refractivity contribution in [3.8, 4) is 0 Å². The van der Waals surface area contributed by atoms with Crippen molar-refractivity contribution < 1.29 is 13.2 Å². The summed E-state index contributed by atoms with van der Waals surface area (Å²) in [6.45, 7) is 6.18. The Hall–Kier alpha value is -1.36. The summed E-state index contributed by atoms with van der Waals surface area (Å²) in [4.78, 5) is 13.8. The molecule has 1 aliphatic heterocycles. The van der Waals surface area contributed by atoms with Crippen LogP contribution in [0.3, 0.4) is 0 Å². The second-order valence-corrected chi connectivity index (χ2v) is 8.97. The van der Waals surface area contributed by atoms with Crippen molar-refractivity contribution in [1.82, 2.24) is 0 Å². The number of benzene rings is 1. The summed E-state index contributed by atoms with van der Waals surface area (Å²) in [5, 5.41) is 0. The summed E-state index contributed by atoms with van der Waals surface area (Å²) in [7, 11) is -3.14. The molecule has 110 valence electrons. The molecule has 0 fully saturated rings. The zero-order valence-electron chi connectivity index (χ0n) is 12.2. The van der Waals surface area contributed by atoms with Crippen molar-refractivity contribution in [2.75, 3.05) is 23.7 Å². The topological polar surface area (TPSA) is 54.5 Å². The van der Waals surface area contributed by atoms with Crippen LogP contribution in [0.5, 0.6) is 0 Å². The molecule has 0 aliphatic carbocycles. The molecule has 1 aliphatic rings. The minimum atomic E-state index is -3.14. The van der Waals surface area contributed by atoms with Crippen LogP contribution < -0.4 is 4.90 Å². The number of nitrogens with zero attached hydrogens (tertiary/aromatic N) is 1. The third-order valence-electron chi connectivity index (χ3n) is 3.72. The summed E-state index contributed by atoms with van der Waals surface area (Å²) in [6, 6.07) is 7.41. The Balaban J connectivity index is 2.17. The smallest absolute Gasteiger partial charge is 0.166 e. The van der Waals surface area contributed by atoms with E-state index in [2.05, 4.69) is 0 Å². The van der Waals surface area contributed by atoms with Gasteiger partial charge in [-0.25, -0.2) is 8.42 Å². The molecule has 20 heavy (non-hydrogen) atoms. The molecule has 4 nitrogen and oxygen atoms in total. The maximum atomic E-state index is 12.2. The molecule has 0 atom stereocenters. The first-order valence-electron chi connectivity index (χ1n) is 6.82. The van der Waals surface area contributed by atoms with E-state index in [-0.39, 0.29) is 11.5 Å². The van der Waals surface area contributed by atoms with Crippen molar-refractivity contribution in [1.29, 1.82) is 0 Å². The Labute approximate surface area is 120 Å². The highest BCUT2D eigenvalue weighted by Gasteiger charge is 2.30. The van der Waals surface area contributed by atoms with Gasteiger partial charge in [0, 0.05) is 30.8 Å². The molecule has 0 unspecified atom stereocenters. The average Bonchev–Trinajstić information content (AvgIpc) is 2.37. The number of anilines is 1. The number of carbonyl (C=O) groups is 1. The predicted octanol–water partition coefficient (Wildman–Crippen LogP) is 2.29. The number of carbonyl (C=O) groups excluding carboxylic acids is 1. The van der Waals surface area contributed by atoms with E-state index in [9.17, 15) is 13.2 Å². The highest BCUT2D eigenvalue weighted by atomic mass is 32.2. The Kier molecular flexibility index (Phi) is 3.91. The average molecular weight is 295 g/mol. The summed E-state index contributed by atoms with van der Waals surface area (Å²) < 4.78 is 23.6. The van der Waals surface area contributed by atoms with Crippen LogP contribution in [0.15, 0.2) is 24.3 Å². The number of Topliss-reactive ketones (excluding diaryl/α,β-unsaturated/α-hetero) is 1. The second kappa shape index (κ2) is 5.20. The Morgan fingerprint density at radius 2 is 1.85 bits per heavy atom. The highest BCUT2D eigenvalue weighted by molar-refractivity contribution is 7.92. The molecule has 5 heteroatoms. The monoisotopic (exact) mass is 295 g/mol. The lowest BCUT2D eigenvalue weighted by Gasteiger charge is -2.31. The van der Waals surface area contributed by atoms with Crippen molar-refractivity contribution in [3.05, 3.63) is 29.8 Å². The third-order valence-corrected chi connectivity index (χ3v) is 6.30. The van der Waals surface area contributed by atoms with Gasteiger partial charge in [0.1, 0.15) is 0 Å². The van der Waals surface area contributed by atoms with E-state index in [4.69, 9.17) is 0 Å². The van der Waals surface area contributed by atoms with Gasteiger partial charge in [-0.2, -0.15) is 0 Å². The zero-order chi connectivity index (χ0) is 15.0. The van der Waals surface area contributed by atoms with Crippen LogP contribution in [-0.2, 0) is 9.84 Å². The summed E-state index contributed by atoms with van der Waals surface area (Å²) in [5.41, 5.74) is 1.56. The third kappa shape index (κ3) is 2.87. The zero-order valence-corrected chi connectivity index (χ0v) is 13.0. The predicted molar refractivity (Wildman–Crippen MR) is 81.1 cm³/mol. The number of para-hydroxylation sites is 1. The fourth-order valence-electron chi connectivity index (χ4n) is 2.25. The minimum Gasteiger partial charge on any atom is -0.369 e.